The third kappa shape index (κ3) is 7.60. The predicted octanol–water partition coefficient (Wildman–Crippen LogP) is 4.45. The van der Waals surface area contributed by atoms with E-state index in [1.54, 1.807) is 4.90 Å². The van der Waals surface area contributed by atoms with Crippen LogP contribution in [0, 0.1) is 0 Å². The van der Waals surface area contributed by atoms with Gasteiger partial charge in [0.1, 0.15) is 11.6 Å². The molecule has 5 rings (SSSR count). The van der Waals surface area contributed by atoms with E-state index in [1.165, 1.54) is 43.5 Å². The van der Waals surface area contributed by atoms with Crippen molar-refractivity contribution in [3.8, 4) is 11.8 Å². The van der Waals surface area contributed by atoms with Crippen molar-refractivity contribution in [1.82, 2.24) is 19.8 Å². The number of ether oxygens (including phenoxy) is 1. The van der Waals surface area contributed by atoms with E-state index in [4.69, 9.17) is 14.7 Å². The zero-order chi connectivity index (χ0) is 29.7. The minimum absolute atomic E-state index is 0.0234. The van der Waals surface area contributed by atoms with E-state index < -0.39 is 5.51 Å². The highest BCUT2D eigenvalue weighted by molar-refractivity contribution is 8.00. The summed E-state index contributed by atoms with van der Waals surface area (Å²) in [6.45, 7) is 10.1. The Labute approximate surface area is 248 Å². The molecule has 0 saturated carbocycles. The molecule has 228 valence electrons. The number of carbonyl (C=O) groups excluding carboxylic acids is 1. The average Bonchev–Trinajstić information content (AvgIpc) is 2.99. The summed E-state index contributed by atoms with van der Waals surface area (Å²) in [5, 5.41) is 10.1. The molecule has 1 aromatic carbocycles. The van der Waals surface area contributed by atoms with Crippen molar-refractivity contribution in [3.63, 3.8) is 0 Å². The summed E-state index contributed by atoms with van der Waals surface area (Å²) in [6, 6.07) is 4.18. The molecule has 0 spiro atoms. The Morgan fingerprint density at radius 1 is 1.05 bits per heavy atom. The smallest absolute Gasteiger partial charge is 0.446 e. The van der Waals surface area contributed by atoms with Crippen molar-refractivity contribution < 1.29 is 27.8 Å². The summed E-state index contributed by atoms with van der Waals surface area (Å²) in [5.74, 6) is 0.541. The second kappa shape index (κ2) is 13.4. The van der Waals surface area contributed by atoms with Crippen LogP contribution in [0.5, 0.6) is 11.8 Å². The zero-order valence-electron chi connectivity index (χ0n) is 23.6. The lowest BCUT2D eigenvalue weighted by atomic mass is 10.0. The van der Waals surface area contributed by atoms with Crippen LogP contribution >= 0.6 is 11.8 Å². The minimum atomic E-state index is -4.46. The van der Waals surface area contributed by atoms with E-state index in [9.17, 15) is 23.1 Å². The van der Waals surface area contributed by atoms with Crippen molar-refractivity contribution in [2.45, 2.75) is 49.1 Å². The first-order valence-electron chi connectivity index (χ1n) is 14.4. The van der Waals surface area contributed by atoms with Gasteiger partial charge >= 0.3 is 11.5 Å². The molecule has 0 aliphatic carbocycles. The largest absolute Gasteiger partial charge is 0.508 e. The van der Waals surface area contributed by atoms with Gasteiger partial charge < -0.3 is 29.4 Å². The van der Waals surface area contributed by atoms with Gasteiger partial charge in [-0.1, -0.05) is 13.0 Å². The summed E-state index contributed by atoms with van der Waals surface area (Å²) < 4.78 is 46.0. The number of amides is 1. The molecule has 4 heterocycles. The van der Waals surface area contributed by atoms with Gasteiger partial charge in [-0.15, -0.1) is 0 Å². The van der Waals surface area contributed by atoms with E-state index in [0.717, 1.165) is 37.4 Å². The molecular formula is C29H37F3N6O3S. The second-order valence-electron chi connectivity index (χ2n) is 10.7. The minimum Gasteiger partial charge on any atom is -0.508 e. The molecule has 1 aromatic heterocycles. The fraction of sp³-hybridized carbons (Fsp3) is 0.552. The van der Waals surface area contributed by atoms with E-state index in [-0.39, 0.29) is 40.9 Å². The van der Waals surface area contributed by atoms with Crippen molar-refractivity contribution in [2.75, 3.05) is 68.8 Å². The van der Waals surface area contributed by atoms with E-state index in [1.807, 2.05) is 4.90 Å². The molecule has 13 heteroatoms. The van der Waals surface area contributed by atoms with Crippen LogP contribution in [0.3, 0.4) is 0 Å². The number of phenols is 1. The molecule has 0 unspecified atom stereocenters. The van der Waals surface area contributed by atoms with Crippen molar-refractivity contribution in [1.29, 1.82) is 0 Å². The molecule has 2 aromatic rings. The molecule has 0 radical (unpaired) electrons. The maximum absolute atomic E-state index is 13.3. The normalized spacial score (nSPS) is 18.1. The molecule has 0 bridgehead atoms. The fourth-order valence-corrected chi connectivity index (χ4v) is 6.46. The van der Waals surface area contributed by atoms with Crippen LogP contribution in [0.15, 0.2) is 35.7 Å². The number of aromatic nitrogens is 2. The Morgan fingerprint density at radius 3 is 2.52 bits per heavy atom. The number of fused-ring (bicyclic) bond motifs is 1. The lowest BCUT2D eigenvalue weighted by molar-refractivity contribution is -0.126. The quantitative estimate of drug-likeness (QED) is 0.253. The summed E-state index contributed by atoms with van der Waals surface area (Å²) >= 11 is -0.192. The molecule has 9 nitrogen and oxygen atoms in total. The number of benzene rings is 1. The topological polar surface area (TPSA) is 85.3 Å². The van der Waals surface area contributed by atoms with Crippen molar-refractivity contribution >= 4 is 29.2 Å². The van der Waals surface area contributed by atoms with Crippen LogP contribution in [-0.4, -0.2) is 95.3 Å². The van der Waals surface area contributed by atoms with Crippen LogP contribution in [0.1, 0.15) is 36.9 Å². The Balaban J connectivity index is 1.37. The van der Waals surface area contributed by atoms with Gasteiger partial charge in [0, 0.05) is 55.8 Å². The SMILES string of the molecule is C=CC(=O)N1CCN(c2nc(OCCCN3CCCCC3)nc3c2CCN(c2cc(O)ccc2SC(F)(F)F)C3)CC1. The molecular weight excluding hydrogens is 569 g/mol. The number of piperidine rings is 1. The van der Waals surface area contributed by atoms with Gasteiger partial charge in [0.15, 0.2) is 0 Å². The number of hydrogen-bond donors (Lipinski definition) is 1. The molecule has 42 heavy (non-hydrogen) atoms. The molecule has 3 aliphatic heterocycles. The van der Waals surface area contributed by atoms with E-state index >= 15 is 0 Å². The maximum Gasteiger partial charge on any atom is 0.446 e. The maximum atomic E-state index is 13.3. The number of piperazine rings is 1. The molecule has 3 aliphatic rings. The first-order chi connectivity index (χ1) is 20.2. The Kier molecular flexibility index (Phi) is 9.67. The highest BCUT2D eigenvalue weighted by Crippen LogP contribution is 2.44. The number of phenolic OH excluding ortho intramolecular Hbond substituents is 1. The van der Waals surface area contributed by atoms with Gasteiger partial charge in [-0.3, -0.25) is 4.79 Å². The highest BCUT2D eigenvalue weighted by Gasteiger charge is 2.33. The van der Waals surface area contributed by atoms with Crippen LogP contribution in [-0.2, 0) is 17.8 Å². The average molecular weight is 607 g/mol. The summed E-state index contributed by atoms with van der Waals surface area (Å²) in [6.07, 6.45) is 6.40. The van der Waals surface area contributed by atoms with Crippen molar-refractivity contribution in [2.24, 2.45) is 0 Å². The number of thioether (sulfide) groups is 1. The number of hydrogen-bond acceptors (Lipinski definition) is 9. The highest BCUT2D eigenvalue weighted by atomic mass is 32.2. The number of likely N-dealkylation sites (tertiary alicyclic amines) is 1. The van der Waals surface area contributed by atoms with Crippen LogP contribution < -0.4 is 14.5 Å². The third-order valence-corrected chi connectivity index (χ3v) is 8.69. The molecule has 1 amide bonds. The van der Waals surface area contributed by atoms with Crippen LogP contribution in [0.2, 0.25) is 0 Å². The van der Waals surface area contributed by atoms with Crippen LogP contribution in [0.4, 0.5) is 24.7 Å². The predicted molar refractivity (Wildman–Crippen MR) is 156 cm³/mol. The van der Waals surface area contributed by atoms with E-state index in [0.29, 0.717) is 57.1 Å². The van der Waals surface area contributed by atoms with Gasteiger partial charge in [0.2, 0.25) is 5.91 Å². The Morgan fingerprint density at radius 2 is 1.81 bits per heavy atom. The number of alkyl halides is 3. The Bertz CT molecular complexity index is 1270. The van der Waals surface area contributed by atoms with Gasteiger partial charge in [-0.25, -0.2) is 0 Å². The zero-order valence-corrected chi connectivity index (χ0v) is 24.4. The van der Waals surface area contributed by atoms with Gasteiger partial charge in [0.25, 0.3) is 0 Å². The number of halogens is 3. The first-order valence-corrected chi connectivity index (χ1v) is 15.3. The van der Waals surface area contributed by atoms with Crippen molar-refractivity contribution in [3.05, 3.63) is 42.1 Å². The fourth-order valence-electron chi connectivity index (χ4n) is 5.79. The monoisotopic (exact) mass is 606 g/mol. The van der Waals surface area contributed by atoms with E-state index in [2.05, 4.69) is 16.4 Å². The van der Waals surface area contributed by atoms with Gasteiger partial charge in [0.05, 0.1) is 24.5 Å². The summed E-state index contributed by atoms with van der Waals surface area (Å²) in [7, 11) is 0. The molecule has 2 saturated heterocycles. The summed E-state index contributed by atoms with van der Waals surface area (Å²) in [5.41, 5.74) is -2.53. The summed E-state index contributed by atoms with van der Waals surface area (Å²) in [4.78, 5) is 29.8. The molecule has 2 fully saturated rings. The van der Waals surface area contributed by atoms with Gasteiger partial charge in [-0.05, 0) is 68.7 Å². The number of rotatable bonds is 9. The first kappa shape index (κ1) is 30.3. The molecule has 0 atom stereocenters. The number of carbonyl (C=O) groups is 1. The number of nitrogens with zero attached hydrogens (tertiary/aromatic N) is 6. The third-order valence-electron chi connectivity index (χ3n) is 7.90. The molecule has 1 N–H and O–H groups in total. The second-order valence-corrected chi connectivity index (χ2v) is 11.9. The van der Waals surface area contributed by atoms with Gasteiger partial charge in [-0.2, -0.15) is 23.1 Å². The number of anilines is 2. The van der Waals surface area contributed by atoms with Crippen LogP contribution in [0.25, 0.3) is 0 Å². The standard InChI is InChI=1S/C29H37F3N6O3S/c1-2-26(40)36-14-16-37(17-15-36)27-22-9-13-38(24-19-21(39)7-8-25(24)42-29(30,31)32)20-23(22)33-28(34-27)41-18-6-12-35-10-4-3-5-11-35/h2,7-8,19,39H,1,3-6,9-18,20H2. The lowest BCUT2D eigenvalue weighted by Gasteiger charge is -2.38. The number of aromatic hydroxyl groups is 1. The lowest BCUT2D eigenvalue weighted by Crippen LogP contribution is -2.49. The Hall–Kier alpha value is -3.19.